The number of fused-ring (bicyclic) bond motifs is 4. The Kier molecular flexibility index (Phi) is 8.48. The van der Waals surface area contributed by atoms with E-state index in [9.17, 15) is 24.3 Å². The van der Waals surface area contributed by atoms with Crippen LogP contribution in [0, 0.1) is 0 Å². The molecule has 16 heteroatoms. The monoisotopic (exact) mass is 693 g/mol. The van der Waals surface area contributed by atoms with Gasteiger partial charge in [0.15, 0.2) is 10.2 Å². The molecule has 2 aliphatic heterocycles. The van der Waals surface area contributed by atoms with E-state index >= 15 is 0 Å². The fraction of sp³-hybridized carbons (Fsp3) is 0.152. The number of amides is 1. The normalized spacial score (nSPS) is 13.3. The summed E-state index contributed by atoms with van der Waals surface area (Å²) in [5.74, 6) is -0.286. The van der Waals surface area contributed by atoms with Crippen molar-refractivity contribution in [2.24, 2.45) is 0 Å². The van der Waals surface area contributed by atoms with Crippen LogP contribution in [0.15, 0.2) is 71.2 Å². The quantitative estimate of drug-likeness (QED) is 0.121. The van der Waals surface area contributed by atoms with Crippen molar-refractivity contribution >= 4 is 90.7 Å². The van der Waals surface area contributed by atoms with Crippen molar-refractivity contribution in [1.82, 2.24) is 35.2 Å². The van der Waals surface area contributed by atoms with Crippen LogP contribution in [-0.2, 0) is 22.4 Å². The van der Waals surface area contributed by atoms with E-state index in [0.717, 1.165) is 32.3 Å². The maximum absolute atomic E-state index is 12.5. The van der Waals surface area contributed by atoms with Crippen LogP contribution in [0.1, 0.15) is 45.7 Å². The van der Waals surface area contributed by atoms with Gasteiger partial charge in [0.1, 0.15) is 35.6 Å². The molecule has 49 heavy (non-hydrogen) atoms. The van der Waals surface area contributed by atoms with Crippen LogP contribution in [0.3, 0.4) is 0 Å². The smallest absolute Gasteiger partial charge is 0.338 e. The zero-order valence-corrected chi connectivity index (χ0v) is 27.6. The molecule has 6 N–H and O–H groups in total. The van der Waals surface area contributed by atoms with Crippen molar-refractivity contribution in [1.29, 1.82) is 0 Å². The van der Waals surface area contributed by atoms with Crippen LogP contribution in [0.2, 0.25) is 0 Å². The highest BCUT2D eigenvalue weighted by atomic mass is 32.2. The number of carboxylic acid groups (broad SMARTS) is 1. The molecule has 0 unspecified atom stereocenters. The number of anilines is 4. The summed E-state index contributed by atoms with van der Waals surface area (Å²) in [6, 6.07) is 11.4. The molecule has 0 fully saturated rings. The fourth-order valence-electron chi connectivity index (χ4n) is 5.45. The first-order valence-electron chi connectivity index (χ1n) is 15.0. The summed E-state index contributed by atoms with van der Waals surface area (Å²) in [4.78, 5) is 71.3. The molecule has 1 amide bonds. The average Bonchev–Trinajstić information content (AvgIpc) is 3.84. The topological polar surface area (TPSA) is 208 Å². The minimum atomic E-state index is -1.05. The summed E-state index contributed by atoms with van der Waals surface area (Å²) in [6.07, 6.45) is 6.74. The van der Waals surface area contributed by atoms with Crippen molar-refractivity contribution in [3.63, 3.8) is 0 Å². The Morgan fingerprint density at radius 1 is 0.755 bits per heavy atom. The second-order valence-corrected chi connectivity index (χ2v) is 13.6. The molecule has 2 aromatic carbocycles. The van der Waals surface area contributed by atoms with Crippen molar-refractivity contribution in [2.75, 3.05) is 10.6 Å². The van der Waals surface area contributed by atoms with Gasteiger partial charge >= 0.3 is 5.97 Å². The van der Waals surface area contributed by atoms with Gasteiger partial charge in [0.2, 0.25) is 0 Å². The third-order valence-corrected chi connectivity index (χ3v) is 9.56. The van der Waals surface area contributed by atoms with E-state index in [4.69, 9.17) is 0 Å². The minimum Gasteiger partial charge on any atom is -0.478 e. The number of benzene rings is 2. The van der Waals surface area contributed by atoms with Gasteiger partial charge in [0.05, 0.1) is 21.9 Å². The van der Waals surface area contributed by atoms with E-state index < -0.39 is 5.97 Å². The van der Waals surface area contributed by atoms with Gasteiger partial charge in [0, 0.05) is 52.4 Å². The first kappa shape index (κ1) is 31.8. The number of hydrogen-bond acceptors (Lipinski definition) is 12. The van der Waals surface area contributed by atoms with Gasteiger partial charge in [-0.15, -0.1) is 0 Å². The maximum Gasteiger partial charge on any atom is 0.338 e. The molecule has 0 atom stereocenters. The summed E-state index contributed by atoms with van der Waals surface area (Å²) in [5, 5.41) is 19.9. The molecule has 0 radical (unpaired) electrons. The molecule has 0 spiro atoms. The highest BCUT2D eigenvalue weighted by Crippen LogP contribution is 2.37. The molecule has 4 aromatic heterocycles. The number of aromatic carboxylic acids is 1. The first-order chi connectivity index (χ1) is 23.6. The number of nitrogens with one attached hydrogen (secondary N) is 5. The summed E-state index contributed by atoms with van der Waals surface area (Å²) in [6.45, 7) is 3.82. The van der Waals surface area contributed by atoms with Crippen LogP contribution in [0.4, 0.5) is 23.0 Å². The van der Waals surface area contributed by atoms with Gasteiger partial charge in [-0.25, -0.2) is 24.7 Å². The van der Waals surface area contributed by atoms with Crippen LogP contribution >= 0.6 is 23.5 Å². The lowest BCUT2D eigenvalue weighted by atomic mass is 10.1. The second-order valence-electron chi connectivity index (χ2n) is 11.4. The van der Waals surface area contributed by atoms with E-state index in [1.807, 2.05) is 50.2 Å². The van der Waals surface area contributed by atoms with Crippen LogP contribution in [0.25, 0.3) is 22.1 Å². The second kappa shape index (κ2) is 13.0. The Bertz CT molecular complexity index is 2320. The molecule has 0 saturated carbocycles. The summed E-state index contributed by atoms with van der Waals surface area (Å²) in [5.41, 5.74) is 5.22. The minimum absolute atomic E-state index is 0.0276. The predicted octanol–water partition coefficient (Wildman–Crippen LogP) is 5.59. The molecular weight excluding hydrogens is 667 g/mol. The van der Waals surface area contributed by atoms with Crippen molar-refractivity contribution in [2.45, 2.75) is 42.5 Å². The molecule has 0 bridgehead atoms. The average molecular weight is 694 g/mol. The number of rotatable bonds is 7. The highest BCUT2D eigenvalue weighted by Gasteiger charge is 2.22. The lowest BCUT2D eigenvalue weighted by Crippen LogP contribution is -2.29. The number of carbonyl (C=O) groups excluding carboxylic acids is 3. The zero-order chi connectivity index (χ0) is 34.2. The standard InChI is InChI=1S/C18H17N5O2S.C15H10N4O3S/c1-9(2)22-18(25)12-7-19-16-15(12)17(21-8-20-16)23-11-4-3-10-5-14(24)26-13(10)6-11;20-11-3-7-1-2-8(4-10(7)23-11)19-14-12-9(15(21)22)5-16-13(12)17-6-18-14/h3-4,6-9H,5H2,1-2H3,(H,22,25)(H2,19,20,21,23);1-2,4-6H,3H2,(H,21,22)(H2,16,17,18,19). The number of thioether (sulfide) groups is 2. The van der Waals surface area contributed by atoms with Crippen molar-refractivity contribution < 1.29 is 24.3 Å². The van der Waals surface area contributed by atoms with E-state index in [2.05, 4.69) is 45.9 Å². The first-order valence-corrected chi connectivity index (χ1v) is 16.7. The third-order valence-electron chi connectivity index (χ3n) is 7.61. The predicted molar refractivity (Wildman–Crippen MR) is 186 cm³/mol. The Hall–Kier alpha value is -5.74. The molecule has 6 aromatic rings. The summed E-state index contributed by atoms with van der Waals surface area (Å²) in [7, 11) is 0. The Morgan fingerprint density at radius 3 is 1.73 bits per heavy atom. The van der Waals surface area contributed by atoms with Gasteiger partial charge < -0.3 is 31.0 Å². The van der Waals surface area contributed by atoms with E-state index in [1.54, 1.807) is 6.20 Å². The lowest BCUT2D eigenvalue weighted by Gasteiger charge is -2.10. The largest absolute Gasteiger partial charge is 0.478 e. The number of carbonyl (C=O) groups is 4. The SMILES string of the molecule is CC(C)NC(=O)c1c[nH]c2ncnc(Nc3ccc4c(c3)SC(=O)C4)c12.O=C1Cc2ccc(Nc3ncnc4[nH]cc(C(=O)O)c34)cc2S1. The van der Waals surface area contributed by atoms with Crippen molar-refractivity contribution in [3.05, 3.63) is 83.7 Å². The van der Waals surface area contributed by atoms with Gasteiger partial charge in [-0.05, 0) is 49.2 Å². The Balaban J connectivity index is 0.000000155. The molecule has 2 aliphatic rings. The highest BCUT2D eigenvalue weighted by molar-refractivity contribution is 8.14. The lowest BCUT2D eigenvalue weighted by molar-refractivity contribution is -0.110. The maximum atomic E-state index is 12.5. The molecular formula is C33H27N9O5S2. The number of H-pyrrole nitrogens is 2. The van der Waals surface area contributed by atoms with Crippen LogP contribution in [0.5, 0.6) is 0 Å². The zero-order valence-electron chi connectivity index (χ0n) is 26.0. The Morgan fingerprint density at radius 2 is 1.24 bits per heavy atom. The van der Waals surface area contributed by atoms with Gasteiger partial charge in [-0.2, -0.15) is 0 Å². The number of aromatic nitrogens is 6. The van der Waals surface area contributed by atoms with E-state index in [-0.39, 0.29) is 27.7 Å². The molecule has 246 valence electrons. The summed E-state index contributed by atoms with van der Waals surface area (Å²) < 4.78 is 0. The van der Waals surface area contributed by atoms with Crippen LogP contribution < -0.4 is 16.0 Å². The molecule has 14 nitrogen and oxygen atoms in total. The summed E-state index contributed by atoms with van der Waals surface area (Å²) >= 11 is 2.47. The number of aromatic amines is 2. The number of nitrogens with zero attached hydrogens (tertiary/aromatic N) is 4. The van der Waals surface area contributed by atoms with Crippen LogP contribution in [-0.4, -0.2) is 63.2 Å². The molecule has 6 heterocycles. The Labute approximate surface area is 286 Å². The van der Waals surface area contributed by atoms with Gasteiger partial charge in [-0.3, -0.25) is 14.4 Å². The van der Waals surface area contributed by atoms with Crippen molar-refractivity contribution in [3.8, 4) is 0 Å². The van der Waals surface area contributed by atoms with E-state index in [1.165, 1.54) is 42.4 Å². The molecule has 0 aliphatic carbocycles. The number of carboxylic acids is 1. The third kappa shape index (κ3) is 6.55. The van der Waals surface area contributed by atoms with E-state index in [0.29, 0.717) is 52.1 Å². The molecule has 0 saturated heterocycles. The molecule has 8 rings (SSSR count). The van der Waals surface area contributed by atoms with Gasteiger partial charge in [0.25, 0.3) is 5.91 Å². The van der Waals surface area contributed by atoms with Gasteiger partial charge in [-0.1, -0.05) is 35.7 Å². The fourth-order valence-corrected chi connectivity index (χ4v) is 7.31. The number of hydrogen-bond donors (Lipinski definition) is 6.